The number of rotatable bonds is 4. The molecule has 0 aliphatic carbocycles. The van der Waals surface area contributed by atoms with Crippen LogP contribution in [-0.2, 0) is 18.0 Å². The summed E-state index contributed by atoms with van der Waals surface area (Å²) in [5.41, 5.74) is 0. The molecule has 0 saturated heterocycles. The molecule has 0 aromatic rings. The van der Waals surface area contributed by atoms with Crippen LogP contribution in [0, 0.1) is 0 Å². The lowest BCUT2D eigenvalue weighted by Crippen LogP contribution is -1.86. The lowest BCUT2D eigenvalue weighted by molar-refractivity contribution is 0.396. The van der Waals surface area contributed by atoms with Crippen LogP contribution in [0.15, 0.2) is 0 Å². The first-order valence-corrected chi connectivity index (χ1v) is 8.10. The lowest BCUT2D eigenvalue weighted by Gasteiger charge is -2.09. The first kappa shape index (κ1) is 13.4. The molecule has 0 aliphatic rings. The van der Waals surface area contributed by atoms with Crippen molar-refractivity contribution in [1.29, 1.82) is 0 Å². The van der Waals surface area contributed by atoms with E-state index >= 15 is 0 Å². The van der Waals surface area contributed by atoms with Crippen LogP contribution in [0.3, 0.4) is 0 Å². The van der Waals surface area contributed by atoms with Gasteiger partial charge < -0.3 is 4.89 Å². The Morgan fingerprint density at radius 3 is 1.85 bits per heavy atom. The van der Waals surface area contributed by atoms with E-state index in [1.807, 2.05) is 0 Å². The molecule has 1 N–H and O–H groups in total. The van der Waals surface area contributed by atoms with Crippen molar-refractivity contribution in [2.45, 2.75) is 0 Å². The second kappa shape index (κ2) is 3.87. The Balaban J connectivity index is 4.54. The minimum Gasteiger partial charge on any atom is -0.321 e. The molecule has 0 fully saturated rings. The van der Waals surface area contributed by atoms with Crippen LogP contribution in [-0.4, -0.2) is 17.5 Å². The number of hydrogen-bond donors (Lipinski definition) is 1. The minimum absolute atomic E-state index is 0.291. The van der Waals surface area contributed by atoms with Crippen molar-refractivity contribution < 1.29 is 35.5 Å². The van der Waals surface area contributed by atoms with Crippen LogP contribution >= 0.6 is 23.0 Å². The molecule has 0 aromatic carbocycles. The molecule has 0 heterocycles. The summed E-state index contributed by atoms with van der Waals surface area (Å²) in [7, 11) is -15.8. The average Bonchev–Trinajstić information content (AvgIpc) is 1.43. The van der Waals surface area contributed by atoms with E-state index in [0.29, 0.717) is 6.66 Å². The van der Waals surface area contributed by atoms with E-state index in [1.165, 1.54) is 0 Å². The third-order valence-electron chi connectivity index (χ3n) is 0.611. The van der Waals surface area contributed by atoms with E-state index in [0.717, 1.165) is 0 Å². The van der Waals surface area contributed by atoms with E-state index < -0.39 is 28.9 Å². The third kappa shape index (κ3) is 8.72. The highest BCUT2D eigenvalue weighted by atomic mass is 31.3. The van der Waals surface area contributed by atoms with Gasteiger partial charge in [0.1, 0.15) is 0 Å². The fraction of sp³-hybridized carbons (Fsp3) is 1.00. The highest BCUT2D eigenvalue weighted by Crippen LogP contribution is 2.69. The van der Waals surface area contributed by atoms with Crippen molar-refractivity contribution in [2.75, 3.05) is 12.6 Å². The predicted octanol–water partition coefficient (Wildman–Crippen LogP) is 3.07. The lowest BCUT2D eigenvalue weighted by atomic mass is 11.9. The maximum absolute atomic E-state index is 12.4. The average molecular weight is 260 g/mol. The maximum Gasteiger partial charge on any atom is 0.386 e. The van der Waals surface area contributed by atoms with Gasteiger partial charge >= 0.3 is 23.0 Å². The molecule has 13 heavy (non-hydrogen) atoms. The molecule has 0 aliphatic heterocycles. The van der Waals surface area contributed by atoms with E-state index in [2.05, 4.69) is 4.31 Å². The highest BCUT2D eigenvalue weighted by molar-refractivity contribution is 7.75. The van der Waals surface area contributed by atoms with Gasteiger partial charge in [-0.05, 0) is 0 Å². The van der Waals surface area contributed by atoms with Gasteiger partial charge in [-0.2, -0.15) is 12.6 Å². The molecule has 5 nitrogen and oxygen atoms in total. The van der Waals surface area contributed by atoms with Gasteiger partial charge in [0.15, 0.2) is 5.90 Å². The van der Waals surface area contributed by atoms with E-state index in [9.17, 15) is 26.3 Å². The van der Waals surface area contributed by atoms with Gasteiger partial charge in [0, 0.05) is 6.66 Å². The zero-order valence-corrected chi connectivity index (χ0v) is 8.95. The maximum atomic E-state index is 12.4. The van der Waals surface area contributed by atoms with Crippen molar-refractivity contribution in [2.24, 2.45) is 0 Å². The van der Waals surface area contributed by atoms with Crippen molar-refractivity contribution >= 4 is 23.0 Å². The standard InChI is InChI=1S/C2H6F3O5P3/c1-11(3,6)10-13(5,9)2-12(4,7)8/h2H2,1H3,(H,7,8). The van der Waals surface area contributed by atoms with Crippen LogP contribution in [0.25, 0.3) is 0 Å². The fourth-order valence-corrected chi connectivity index (χ4v) is 4.53. The van der Waals surface area contributed by atoms with Gasteiger partial charge in [0.25, 0.3) is 0 Å². The van der Waals surface area contributed by atoms with Crippen molar-refractivity contribution in [3.05, 3.63) is 0 Å². The minimum atomic E-state index is -5.46. The molecule has 0 radical (unpaired) electrons. The summed E-state index contributed by atoms with van der Waals surface area (Å²) < 4.78 is 70.0. The van der Waals surface area contributed by atoms with Crippen LogP contribution in [0.1, 0.15) is 0 Å². The molecular formula is C2H6F3O5P3. The molecule has 11 heteroatoms. The van der Waals surface area contributed by atoms with E-state index in [-0.39, 0.29) is 0 Å². The highest BCUT2D eigenvalue weighted by Gasteiger charge is 2.39. The van der Waals surface area contributed by atoms with Crippen molar-refractivity contribution in [3.8, 4) is 0 Å². The molecule has 0 rings (SSSR count). The molecular weight excluding hydrogens is 254 g/mol. The molecule has 0 amide bonds. The second-order valence-corrected chi connectivity index (χ2v) is 7.87. The smallest absolute Gasteiger partial charge is 0.321 e. The van der Waals surface area contributed by atoms with Gasteiger partial charge in [-0.25, -0.2) is 4.31 Å². The van der Waals surface area contributed by atoms with Gasteiger partial charge in [-0.15, -0.1) is 0 Å². The Morgan fingerprint density at radius 1 is 1.23 bits per heavy atom. The van der Waals surface area contributed by atoms with Gasteiger partial charge in [0.05, 0.1) is 0 Å². The molecule has 80 valence electrons. The summed E-state index contributed by atoms with van der Waals surface area (Å²) in [6.45, 7) is 0.291. The summed E-state index contributed by atoms with van der Waals surface area (Å²) in [4.78, 5) is 7.93. The van der Waals surface area contributed by atoms with Crippen LogP contribution in [0.5, 0.6) is 0 Å². The Kier molecular flexibility index (Phi) is 3.99. The Bertz CT molecular complexity index is 287. The zero-order valence-electron chi connectivity index (χ0n) is 6.26. The predicted molar refractivity (Wildman–Crippen MR) is 40.2 cm³/mol. The molecule has 3 unspecified atom stereocenters. The van der Waals surface area contributed by atoms with Crippen molar-refractivity contribution in [3.63, 3.8) is 0 Å². The Labute approximate surface area is 72.0 Å². The first-order chi connectivity index (χ1) is 5.41. The third-order valence-corrected chi connectivity index (χ3v) is 5.50. The van der Waals surface area contributed by atoms with Gasteiger partial charge in [-0.3, -0.25) is 13.7 Å². The summed E-state index contributed by atoms with van der Waals surface area (Å²) >= 11 is 0. The molecule has 0 spiro atoms. The molecule has 3 atom stereocenters. The second-order valence-electron chi connectivity index (χ2n) is 2.18. The van der Waals surface area contributed by atoms with Crippen LogP contribution in [0.4, 0.5) is 12.6 Å². The van der Waals surface area contributed by atoms with Gasteiger partial charge in [0.2, 0.25) is 0 Å². The monoisotopic (exact) mass is 260 g/mol. The normalized spacial score (nSPS) is 25.6. The van der Waals surface area contributed by atoms with Gasteiger partial charge in [-0.1, -0.05) is 0 Å². The molecule has 0 bridgehead atoms. The van der Waals surface area contributed by atoms with Crippen LogP contribution in [0.2, 0.25) is 0 Å². The first-order valence-electron chi connectivity index (χ1n) is 2.70. The SMILES string of the molecule is CP(=O)(F)OP(=O)(F)CP(=O)(O)F. The summed E-state index contributed by atoms with van der Waals surface area (Å²) in [5, 5.41) is 0. The Morgan fingerprint density at radius 2 is 1.62 bits per heavy atom. The zero-order chi connectivity index (χ0) is 10.9. The van der Waals surface area contributed by atoms with Crippen LogP contribution < -0.4 is 0 Å². The van der Waals surface area contributed by atoms with E-state index in [1.54, 1.807) is 0 Å². The summed E-state index contributed by atoms with van der Waals surface area (Å²) in [6, 6.07) is 0. The number of hydrogen-bond acceptors (Lipinski definition) is 4. The van der Waals surface area contributed by atoms with E-state index in [4.69, 9.17) is 4.89 Å². The molecule has 0 aromatic heterocycles. The molecule has 0 saturated carbocycles. The largest absolute Gasteiger partial charge is 0.386 e. The summed E-state index contributed by atoms with van der Waals surface area (Å²) in [6.07, 6.45) is 0. The summed E-state index contributed by atoms with van der Waals surface area (Å²) in [5.74, 6) is -2.00. The fourth-order valence-electron chi connectivity index (χ4n) is 0.452. The number of halogens is 3. The van der Waals surface area contributed by atoms with Crippen molar-refractivity contribution in [1.82, 2.24) is 0 Å². The Hall–Kier alpha value is 0.400. The topological polar surface area (TPSA) is 80.7 Å². The quantitative estimate of drug-likeness (QED) is 0.785.